The van der Waals surface area contributed by atoms with Gasteiger partial charge in [-0.2, -0.15) is 4.72 Å². The van der Waals surface area contributed by atoms with Crippen molar-refractivity contribution in [1.82, 2.24) is 9.62 Å². The van der Waals surface area contributed by atoms with E-state index in [1.165, 1.54) is 0 Å². The summed E-state index contributed by atoms with van der Waals surface area (Å²) in [6.07, 6.45) is 4.51. The van der Waals surface area contributed by atoms with Crippen LogP contribution >= 0.6 is 0 Å². The lowest BCUT2D eigenvalue weighted by Gasteiger charge is -2.34. The first-order valence-electron chi connectivity index (χ1n) is 14.1. The van der Waals surface area contributed by atoms with Crippen molar-refractivity contribution in [2.24, 2.45) is 28.3 Å². The van der Waals surface area contributed by atoms with Crippen molar-refractivity contribution in [3.8, 4) is 0 Å². The van der Waals surface area contributed by atoms with Crippen LogP contribution in [0.3, 0.4) is 0 Å². The van der Waals surface area contributed by atoms with Crippen LogP contribution in [0, 0.1) is 11.8 Å². The number of benzene rings is 1. The van der Waals surface area contributed by atoms with Gasteiger partial charge in [-0.3, -0.25) is 14.6 Å². The van der Waals surface area contributed by atoms with Gasteiger partial charge in [0.15, 0.2) is 5.96 Å². The SMILES string of the molecule is CC1CNc2c(cccc2S(=O)(=O)NC(CCCN=C(N)N)C(=O)N2CCC(CCOCCCC(=O)O)CC2)C1. The predicted molar refractivity (Wildman–Crippen MR) is 153 cm³/mol. The van der Waals surface area contributed by atoms with Crippen LogP contribution < -0.4 is 21.5 Å². The number of rotatable bonds is 15. The zero-order valence-electron chi connectivity index (χ0n) is 23.3. The maximum absolute atomic E-state index is 13.6. The molecular formula is C27H44N6O6S. The number of carboxylic acid groups (broad SMARTS) is 1. The lowest BCUT2D eigenvalue weighted by atomic mass is 9.93. The van der Waals surface area contributed by atoms with E-state index in [2.05, 4.69) is 22.0 Å². The van der Waals surface area contributed by atoms with Gasteiger partial charge >= 0.3 is 5.97 Å². The van der Waals surface area contributed by atoms with Gasteiger partial charge in [0.1, 0.15) is 10.9 Å². The minimum absolute atomic E-state index is 0.0485. The first-order valence-corrected chi connectivity index (χ1v) is 15.6. The van der Waals surface area contributed by atoms with E-state index < -0.39 is 22.0 Å². The number of aliphatic imine (C=N–C) groups is 1. The summed E-state index contributed by atoms with van der Waals surface area (Å²) in [4.78, 5) is 30.0. The molecule has 2 atom stereocenters. The summed E-state index contributed by atoms with van der Waals surface area (Å²) in [5.41, 5.74) is 12.4. The molecule has 2 aliphatic heterocycles. The number of para-hydroxylation sites is 1. The van der Waals surface area contributed by atoms with Gasteiger partial charge in [0.2, 0.25) is 15.9 Å². The minimum atomic E-state index is -3.99. The van der Waals surface area contributed by atoms with Crippen molar-refractivity contribution in [1.29, 1.82) is 0 Å². The third-order valence-corrected chi connectivity index (χ3v) is 8.93. The van der Waals surface area contributed by atoms with Gasteiger partial charge in [0.05, 0.1) is 5.69 Å². The molecule has 1 saturated heterocycles. The molecule has 12 nitrogen and oxygen atoms in total. The third kappa shape index (κ3) is 9.63. The molecule has 224 valence electrons. The number of nitrogens with two attached hydrogens (primary N) is 2. The zero-order chi connectivity index (χ0) is 29.1. The lowest BCUT2D eigenvalue weighted by molar-refractivity contribution is -0.137. The van der Waals surface area contributed by atoms with Crippen molar-refractivity contribution in [2.45, 2.75) is 69.2 Å². The number of nitrogens with zero attached hydrogens (tertiary/aromatic N) is 2. The van der Waals surface area contributed by atoms with Gasteiger partial charge in [0.25, 0.3) is 0 Å². The number of ether oxygens (including phenoxy) is 1. The van der Waals surface area contributed by atoms with Crippen molar-refractivity contribution >= 4 is 33.5 Å². The average Bonchev–Trinajstić information content (AvgIpc) is 2.91. The van der Waals surface area contributed by atoms with Gasteiger partial charge in [-0.05, 0) is 68.4 Å². The number of amides is 1. The number of carbonyl (C=O) groups excluding carboxylic acids is 1. The normalized spacial score (nSPS) is 18.4. The highest BCUT2D eigenvalue weighted by atomic mass is 32.2. The Morgan fingerprint density at radius 1 is 1.23 bits per heavy atom. The second-order valence-electron chi connectivity index (χ2n) is 10.8. The minimum Gasteiger partial charge on any atom is -0.481 e. The number of carboxylic acids is 1. The molecule has 0 spiro atoms. The van der Waals surface area contributed by atoms with E-state index >= 15 is 0 Å². The first-order chi connectivity index (χ1) is 19.1. The highest BCUT2D eigenvalue weighted by molar-refractivity contribution is 7.89. The molecule has 1 aromatic carbocycles. The molecule has 0 aromatic heterocycles. The molecule has 13 heteroatoms. The molecule has 0 aliphatic carbocycles. The number of piperidine rings is 1. The lowest BCUT2D eigenvalue weighted by Crippen LogP contribution is -2.50. The van der Waals surface area contributed by atoms with Gasteiger partial charge in [-0.1, -0.05) is 19.1 Å². The first kappa shape index (κ1) is 31.6. The Morgan fingerprint density at radius 3 is 2.67 bits per heavy atom. The number of fused-ring (bicyclic) bond motifs is 1. The van der Waals surface area contributed by atoms with Crippen LogP contribution in [0.25, 0.3) is 0 Å². The summed E-state index contributed by atoms with van der Waals surface area (Å²) in [6.45, 7) is 5.14. The van der Waals surface area contributed by atoms with Crippen LogP contribution in [0.2, 0.25) is 0 Å². The highest BCUT2D eigenvalue weighted by Crippen LogP contribution is 2.31. The summed E-state index contributed by atoms with van der Waals surface area (Å²) < 4.78 is 35.4. The fourth-order valence-electron chi connectivity index (χ4n) is 5.22. The number of anilines is 1. The predicted octanol–water partition coefficient (Wildman–Crippen LogP) is 1.50. The topological polar surface area (TPSA) is 189 Å². The molecule has 0 radical (unpaired) electrons. The molecule has 0 bridgehead atoms. The summed E-state index contributed by atoms with van der Waals surface area (Å²) in [5, 5.41) is 12.0. The number of guanidine groups is 1. The number of nitrogens with one attached hydrogen (secondary N) is 2. The molecule has 1 amide bonds. The smallest absolute Gasteiger partial charge is 0.303 e. The molecule has 3 rings (SSSR count). The van der Waals surface area contributed by atoms with Crippen LogP contribution in [0.15, 0.2) is 28.1 Å². The largest absolute Gasteiger partial charge is 0.481 e. The van der Waals surface area contributed by atoms with E-state index in [0.29, 0.717) is 69.8 Å². The standard InChI is InChI=1S/C27H44N6O6S/c1-19-17-21-5-2-7-23(25(21)31-18-19)40(37,38)32-22(6-3-12-30-27(28)29)26(36)33-13-9-20(10-14-33)11-16-39-15-4-8-24(34)35/h2,5,7,19-20,22,31-32H,3-4,6,8-18H2,1H3,(H,34,35)(H4,28,29,30). The maximum atomic E-state index is 13.6. The second-order valence-corrected chi connectivity index (χ2v) is 12.5. The van der Waals surface area contributed by atoms with Crippen LogP contribution in [0.4, 0.5) is 5.69 Å². The van der Waals surface area contributed by atoms with E-state index in [-0.39, 0.29) is 29.6 Å². The maximum Gasteiger partial charge on any atom is 0.303 e. The quantitative estimate of drug-likeness (QED) is 0.116. The highest BCUT2D eigenvalue weighted by Gasteiger charge is 2.33. The van der Waals surface area contributed by atoms with Crippen molar-refractivity contribution in [3.63, 3.8) is 0 Å². The molecule has 1 aromatic rings. The summed E-state index contributed by atoms with van der Waals surface area (Å²) in [5.74, 6) is -0.331. The molecular weight excluding hydrogens is 536 g/mol. The number of hydrogen-bond acceptors (Lipinski definition) is 7. The molecule has 2 aliphatic rings. The zero-order valence-corrected chi connectivity index (χ0v) is 24.1. The molecule has 7 N–H and O–H groups in total. The van der Waals surface area contributed by atoms with Crippen LogP contribution in [-0.4, -0.2) is 81.7 Å². The van der Waals surface area contributed by atoms with Gasteiger partial charge in [-0.15, -0.1) is 0 Å². The second kappa shape index (κ2) is 15.2. The van der Waals surface area contributed by atoms with Crippen LogP contribution in [-0.2, 0) is 30.8 Å². The fourth-order valence-corrected chi connectivity index (χ4v) is 6.67. The van der Waals surface area contributed by atoms with E-state index in [1.807, 2.05) is 6.07 Å². The Morgan fingerprint density at radius 2 is 1.98 bits per heavy atom. The van der Waals surface area contributed by atoms with Crippen molar-refractivity contribution < 1.29 is 27.9 Å². The third-order valence-electron chi connectivity index (χ3n) is 7.41. The number of carbonyl (C=O) groups is 2. The number of likely N-dealkylation sites (tertiary alicyclic amines) is 1. The summed E-state index contributed by atoms with van der Waals surface area (Å²) in [7, 11) is -3.99. The van der Waals surface area contributed by atoms with Gasteiger partial charge in [-0.25, -0.2) is 8.42 Å². The van der Waals surface area contributed by atoms with Crippen molar-refractivity contribution in [3.05, 3.63) is 23.8 Å². The Bertz CT molecular complexity index is 1130. The molecule has 0 saturated carbocycles. The van der Waals surface area contributed by atoms with E-state index in [1.54, 1.807) is 17.0 Å². The number of sulfonamides is 1. The fraction of sp³-hybridized carbons (Fsp3) is 0.667. The van der Waals surface area contributed by atoms with Gasteiger partial charge in [0, 0.05) is 45.8 Å². The number of aliphatic carboxylic acids is 1. The van der Waals surface area contributed by atoms with E-state index in [4.69, 9.17) is 21.3 Å². The Balaban J connectivity index is 1.61. The Hall–Kier alpha value is -2.90. The Kier molecular flexibility index (Phi) is 12.0. The summed E-state index contributed by atoms with van der Waals surface area (Å²) >= 11 is 0. The molecule has 2 heterocycles. The number of hydrogen-bond donors (Lipinski definition) is 5. The molecule has 40 heavy (non-hydrogen) atoms. The van der Waals surface area contributed by atoms with E-state index in [0.717, 1.165) is 31.2 Å². The van der Waals surface area contributed by atoms with Crippen LogP contribution in [0.5, 0.6) is 0 Å². The van der Waals surface area contributed by atoms with Gasteiger partial charge < -0.3 is 31.5 Å². The van der Waals surface area contributed by atoms with E-state index in [9.17, 15) is 18.0 Å². The van der Waals surface area contributed by atoms with Crippen molar-refractivity contribution in [2.75, 3.05) is 44.7 Å². The molecule has 2 unspecified atom stereocenters. The monoisotopic (exact) mass is 580 g/mol. The molecule has 1 fully saturated rings. The summed E-state index contributed by atoms with van der Waals surface area (Å²) in [6, 6.07) is 4.30. The Labute approximate surface area is 237 Å². The van der Waals surface area contributed by atoms with Crippen LogP contribution in [0.1, 0.15) is 57.4 Å². The average molecular weight is 581 g/mol.